The average molecular weight is 406 g/mol. The Hall–Kier alpha value is -3.19. The van der Waals surface area contributed by atoms with Crippen LogP contribution in [0.1, 0.15) is 35.7 Å². The molecule has 1 aliphatic heterocycles. The highest BCUT2D eigenvalue weighted by Gasteiger charge is 2.17. The fourth-order valence-corrected chi connectivity index (χ4v) is 3.57. The summed E-state index contributed by atoms with van der Waals surface area (Å²) < 4.78 is 6.29. The molecular formula is C23H27N5O2. The van der Waals surface area contributed by atoms with Crippen molar-refractivity contribution >= 4 is 28.4 Å². The molecule has 0 spiro atoms. The van der Waals surface area contributed by atoms with Crippen LogP contribution in [0.15, 0.2) is 42.6 Å². The van der Waals surface area contributed by atoms with Crippen molar-refractivity contribution in [2.75, 3.05) is 25.0 Å². The van der Waals surface area contributed by atoms with Crippen molar-refractivity contribution in [1.82, 2.24) is 20.6 Å². The van der Waals surface area contributed by atoms with Gasteiger partial charge in [0, 0.05) is 29.4 Å². The zero-order valence-electron chi connectivity index (χ0n) is 17.4. The number of nitrogens with zero attached hydrogens (tertiary/aromatic N) is 2. The molecule has 0 atom stereocenters. The van der Waals surface area contributed by atoms with E-state index in [1.807, 2.05) is 38.2 Å². The van der Waals surface area contributed by atoms with E-state index in [1.165, 1.54) is 0 Å². The molecule has 1 aromatic heterocycles. The molecule has 0 aliphatic carbocycles. The lowest BCUT2D eigenvalue weighted by Crippen LogP contribution is -2.34. The van der Waals surface area contributed by atoms with Gasteiger partial charge in [0.1, 0.15) is 17.4 Å². The van der Waals surface area contributed by atoms with Crippen molar-refractivity contribution in [2.45, 2.75) is 32.8 Å². The number of aryl methyl sites for hydroxylation is 1. The lowest BCUT2D eigenvalue weighted by atomic mass is 10.1. The van der Waals surface area contributed by atoms with Crippen LogP contribution in [0.4, 0.5) is 11.6 Å². The standard InChI is InChI=1S/C23H27N5O2/c1-3-25-22(29)16-5-7-17(8-6-16)27-23-26-14-19-15(2)4-9-20(21(19)28-23)30-18-10-12-24-13-11-18/h4-9,14,18,24H,3,10-13H2,1-2H3,(H,25,29)(H,26,27,28). The molecule has 7 heteroatoms. The lowest BCUT2D eigenvalue weighted by Gasteiger charge is -2.24. The van der Waals surface area contributed by atoms with E-state index in [9.17, 15) is 4.79 Å². The summed E-state index contributed by atoms with van der Waals surface area (Å²) >= 11 is 0. The minimum Gasteiger partial charge on any atom is -0.488 e. The number of hydrogen-bond donors (Lipinski definition) is 3. The Morgan fingerprint density at radius 1 is 1.17 bits per heavy atom. The van der Waals surface area contributed by atoms with E-state index in [-0.39, 0.29) is 12.0 Å². The van der Waals surface area contributed by atoms with Crippen LogP contribution in [0.25, 0.3) is 10.9 Å². The Kier molecular flexibility index (Phi) is 6.09. The number of benzene rings is 2. The summed E-state index contributed by atoms with van der Waals surface area (Å²) in [7, 11) is 0. The Balaban J connectivity index is 1.57. The summed E-state index contributed by atoms with van der Waals surface area (Å²) in [6, 6.07) is 11.3. The number of rotatable bonds is 6. The van der Waals surface area contributed by atoms with Gasteiger partial charge in [-0.1, -0.05) is 6.07 Å². The molecule has 4 rings (SSSR count). The minimum atomic E-state index is -0.0822. The Labute approximate surface area is 176 Å². The first-order chi connectivity index (χ1) is 14.6. The highest BCUT2D eigenvalue weighted by atomic mass is 16.5. The fourth-order valence-electron chi connectivity index (χ4n) is 3.57. The molecule has 1 saturated heterocycles. The number of piperidine rings is 1. The molecule has 1 fully saturated rings. The normalized spacial score (nSPS) is 14.5. The SMILES string of the molecule is CCNC(=O)c1ccc(Nc2ncc3c(C)ccc(OC4CCNCC4)c3n2)cc1. The van der Waals surface area contributed by atoms with E-state index in [0.29, 0.717) is 18.1 Å². The van der Waals surface area contributed by atoms with E-state index < -0.39 is 0 Å². The van der Waals surface area contributed by atoms with Crippen LogP contribution in [-0.4, -0.2) is 41.6 Å². The second-order valence-corrected chi connectivity index (χ2v) is 7.47. The van der Waals surface area contributed by atoms with E-state index in [1.54, 1.807) is 12.1 Å². The molecule has 0 bridgehead atoms. The second kappa shape index (κ2) is 9.09. The molecule has 0 radical (unpaired) electrons. The quantitative estimate of drug-likeness (QED) is 0.581. The highest BCUT2D eigenvalue weighted by molar-refractivity contribution is 5.94. The Bertz CT molecular complexity index is 1030. The summed E-state index contributed by atoms with van der Waals surface area (Å²) in [5, 5.41) is 10.4. The summed E-state index contributed by atoms with van der Waals surface area (Å²) in [5.74, 6) is 1.20. The van der Waals surface area contributed by atoms with Gasteiger partial charge in [0.05, 0.1) is 0 Å². The van der Waals surface area contributed by atoms with Crippen molar-refractivity contribution in [1.29, 1.82) is 0 Å². The molecule has 2 aromatic carbocycles. The number of ether oxygens (including phenoxy) is 1. The van der Waals surface area contributed by atoms with Gasteiger partial charge in [-0.15, -0.1) is 0 Å². The number of nitrogens with one attached hydrogen (secondary N) is 3. The fraction of sp³-hybridized carbons (Fsp3) is 0.348. The zero-order chi connectivity index (χ0) is 20.9. The molecular weight excluding hydrogens is 378 g/mol. The maximum atomic E-state index is 11.9. The smallest absolute Gasteiger partial charge is 0.251 e. The number of carbonyl (C=O) groups is 1. The molecule has 30 heavy (non-hydrogen) atoms. The number of fused-ring (bicyclic) bond motifs is 1. The molecule has 156 valence electrons. The maximum absolute atomic E-state index is 11.9. The average Bonchev–Trinajstić information content (AvgIpc) is 2.77. The third-order valence-corrected chi connectivity index (χ3v) is 5.25. The van der Waals surface area contributed by atoms with Gasteiger partial charge in [0.25, 0.3) is 5.91 Å². The third kappa shape index (κ3) is 4.52. The predicted octanol–water partition coefficient (Wildman–Crippen LogP) is 3.56. The maximum Gasteiger partial charge on any atom is 0.251 e. The van der Waals surface area contributed by atoms with Crippen molar-refractivity contribution < 1.29 is 9.53 Å². The van der Waals surface area contributed by atoms with E-state index >= 15 is 0 Å². The Morgan fingerprint density at radius 2 is 1.93 bits per heavy atom. The van der Waals surface area contributed by atoms with Gasteiger partial charge in [-0.3, -0.25) is 4.79 Å². The summed E-state index contributed by atoms with van der Waals surface area (Å²) in [5.41, 5.74) is 3.36. The summed E-state index contributed by atoms with van der Waals surface area (Å²) in [6.07, 6.45) is 4.01. The van der Waals surface area contributed by atoms with E-state index in [0.717, 1.165) is 53.8 Å². The molecule has 7 nitrogen and oxygen atoms in total. The highest BCUT2D eigenvalue weighted by Crippen LogP contribution is 2.29. The van der Waals surface area contributed by atoms with Crippen LogP contribution in [0.5, 0.6) is 5.75 Å². The van der Waals surface area contributed by atoms with Gasteiger partial charge < -0.3 is 20.7 Å². The predicted molar refractivity (Wildman–Crippen MR) is 119 cm³/mol. The molecule has 0 unspecified atom stereocenters. The first-order valence-electron chi connectivity index (χ1n) is 10.4. The van der Waals surface area contributed by atoms with E-state index in [2.05, 4.69) is 27.0 Å². The van der Waals surface area contributed by atoms with Crippen molar-refractivity contribution in [3.8, 4) is 5.75 Å². The van der Waals surface area contributed by atoms with Gasteiger partial charge in [-0.25, -0.2) is 9.97 Å². The van der Waals surface area contributed by atoms with Gasteiger partial charge in [-0.05, 0) is 75.7 Å². The second-order valence-electron chi connectivity index (χ2n) is 7.47. The molecule has 0 saturated carbocycles. The third-order valence-electron chi connectivity index (χ3n) is 5.25. The topological polar surface area (TPSA) is 88.2 Å². The monoisotopic (exact) mass is 405 g/mol. The number of anilines is 2. The van der Waals surface area contributed by atoms with Crippen LogP contribution in [0.3, 0.4) is 0 Å². The number of hydrogen-bond acceptors (Lipinski definition) is 6. The van der Waals surface area contributed by atoms with Gasteiger partial charge in [0.15, 0.2) is 0 Å². The molecule has 3 N–H and O–H groups in total. The Morgan fingerprint density at radius 3 is 2.67 bits per heavy atom. The van der Waals surface area contributed by atoms with Gasteiger partial charge in [0.2, 0.25) is 5.95 Å². The molecule has 3 aromatic rings. The zero-order valence-corrected chi connectivity index (χ0v) is 17.4. The first kappa shape index (κ1) is 20.1. The van der Waals surface area contributed by atoms with Crippen LogP contribution >= 0.6 is 0 Å². The number of aromatic nitrogens is 2. The van der Waals surface area contributed by atoms with Gasteiger partial charge >= 0.3 is 0 Å². The van der Waals surface area contributed by atoms with Gasteiger partial charge in [-0.2, -0.15) is 0 Å². The lowest BCUT2D eigenvalue weighted by molar-refractivity contribution is 0.0956. The molecule has 1 aliphatic rings. The minimum absolute atomic E-state index is 0.0822. The van der Waals surface area contributed by atoms with Crippen LogP contribution in [-0.2, 0) is 0 Å². The van der Waals surface area contributed by atoms with E-state index in [4.69, 9.17) is 9.72 Å². The van der Waals surface area contributed by atoms with Crippen molar-refractivity contribution in [2.24, 2.45) is 0 Å². The summed E-state index contributed by atoms with van der Waals surface area (Å²) in [6.45, 7) is 6.50. The number of carbonyl (C=O) groups excluding carboxylic acids is 1. The largest absolute Gasteiger partial charge is 0.488 e. The first-order valence-corrected chi connectivity index (χ1v) is 10.4. The van der Waals surface area contributed by atoms with Crippen molar-refractivity contribution in [3.63, 3.8) is 0 Å². The molecule has 1 amide bonds. The van der Waals surface area contributed by atoms with Crippen LogP contribution < -0.4 is 20.7 Å². The van der Waals surface area contributed by atoms with Crippen molar-refractivity contribution in [3.05, 3.63) is 53.7 Å². The molecule has 2 heterocycles. The van der Waals surface area contributed by atoms with Crippen LogP contribution in [0.2, 0.25) is 0 Å². The number of amides is 1. The van der Waals surface area contributed by atoms with Crippen LogP contribution in [0, 0.1) is 6.92 Å². The summed E-state index contributed by atoms with van der Waals surface area (Å²) in [4.78, 5) is 21.1.